The third-order valence-corrected chi connectivity index (χ3v) is 5.35. The van der Waals surface area contributed by atoms with E-state index >= 15 is 0 Å². The third kappa shape index (κ3) is 4.95. The van der Waals surface area contributed by atoms with Gasteiger partial charge >= 0.3 is 5.97 Å². The predicted octanol–water partition coefficient (Wildman–Crippen LogP) is 4.10. The molecular formula is C21H19ClN2O5S. The summed E-state index contributed by atoms with van der Waals surface area (Å²) in [7, 11) is 1.20. The number of nitrogens with one attached hydrogen (secondary N) is 2. The second-order valence-electron chi connectivity index (χ2n) is 6.13. The fraction of sp³-hybridized carbons (Fsp3) is 0.190. The van der Waals surface area contributed by atoms with E-state index < -0.39 is 11.4 Å². The van der Waals surface area contributed by atoms with Crippen LogP contribution in [-0.2, 0) is 9.53 Å². The van der Waals surface area contributed by atoms with E-state index in [1.165, 1.54) is 13.2 Å². The molecule has 0 aliphatic carbocycles. The first kappa shape index (κ1) is 21.7. The second kappa shape index (κ2) is 9.69. The lowest BCUT2D eigenvalue weighted by Crippen LogP contribution is -2.20. The molecule has 0 atom stereocenters. The van der Waals surface area contributed by atoms with Gasteiger partial charge in [-0.05, 0) is 49.4 Å². The zero-order valence-corrected chi connectivity index (χ0v) is 17.9. The number of amides is 1. The van der Waals surface area contributed by atoms with Crippen LogP contribution in [0.25, 0.3) is 10.9 Å². The van der Waals surface area contributed by atoms with Crippen molar-refractivity contribution < 1.29 is 19.1 Å². The van der Waals surface area contributed by atoms with Gasteiger partial charge in [-0.25, -0.2) is 4.79 Å². The summed E-state index contributed by atoms with van der Waals surface area (Å²) in [6.07, 6.45) is 0. The van der Waals surface area contributed by atoms with Crippen LogP contribution >= 0.6 is 23.4 Å². The molecule has 3 aromatic rings. The molecule has 3 rings (SSSR count). The summed E-state index contributed by atoms with van der Waals surface area (Å²) in [4.78, 5) is 40.4. The normalized spacial score (nSPS) is 10.6. The number of aromatic amines is 1. The third-order valence-electron chi connectivity index (χ3n) is 4.11. The maximum atomic E-state index is 12.8. The minimum absolute atomic E-state index is 0.0286. The van der Waals surface area contributed by atoms with Crippen molar-refractivity contribution in [1.82, 2.24) is 4.98 Å². The molecular weight excluding hydrogens is 428 g/mol. The fourth-order valence-corrected chi connectivity index (χ4v) is 3.79. The van der Waals surface area contributed by atoms with E-state index in [1.54, 1.807) is 36.4 Å². The monoisotopic (exact) mass is 446 g/mol. The SMILES string of the molecule is CCOc1ccc(NC(=O)CSc2[nH]c3cc(Cl)ccc3c(=O)c2C(=O)OC)cc1. The van der Waals surface area contributed by atoms with Crippen molar-refractivity contribution in [1.29, 1.82) is 0 Å². The number of hydrogen-bond acceptors (Lipinski definition) is 6. The Balaban J connectivity index is 1.81. The molecule has 1 aromatic heterocycles. The molecule has 0 bridgehead atoms. The van der Waals surface area contributed by atoms with Crippen LogP contribution in [-0.4, -0.2) is 36.3 Å². The Hall–Kier alpha value is -2.97. The highest BCUT2D eigenvalue weighted by Crippen LogP contribution is 2.24. The highest BCUT2D eigenvalue weighted by molar-refractivity contribution is 8.00. The number of benzene rings is 2. The van der Waals surface area contributed by atoms with E-state index in [4.69, 9.17) is 21.1 Å². The molecule has 9 heteroatoms. The number of anilines is 1. The molecule has 30 heavy (non-hydrogen) atoms. The van der Waals surface area contributed by atoms with Crippen LogP contribution in [0.3, 0.4) is 0 Å². The highest BCUT2D eigenvalue weighted by atomic mass is 35.5. The molecule has 2 aromatic carbocycles. The van der Waals surface area contributed by atoms with E-state index in [-0.39, 0.29) is 22.2 Å². The molecule has 2 N–H and O–H groups in total. The molecule has 1 heterocycles. The number of aromatic nitrogens is 1. The zero-order valence-electron chi connectivity index (χ0n) is 16.3. The van der Waals surface area contributed by atoms with Crippen molar-refractivity contribution in [2.24, 2.45) is 0 Å². The van der Waals surface area contributed by atoms with E-state index in [1.807, 2.05) is 6.92 Å². The Labute approximate surface area is 181 Å². The van der Waals surface area contributed by atoms with Crippen LogP contribution in [0.5, 0.6) is 5.75 Å². The van der Waals surface area contributed by atoms with Gasteiger partial charge in [-0.2, -0.15) is 0 Å². The average Bonchev–Trinajstić information content (AvgIpc) is 2.73. The number of carbonyl (C=O) groups excluding carboxylic acids is 2. The lowest BCUT2D eigenvalue weighted by Gasteiger charge is -2.10. The molecule has 0 radical (unpaired) electrons. The van der Waals surface area contributed by atoms with Gasteiger partial charge in [0.2, 0.25) is 11.3 Å². The quantitative estimate of drug-likeness (QED) is 0.419. The zero-order chi connectivity index (χ0) is 21.7. The van der Waals surface area contributed by atoms with Crippen LogP contribution in [0, 0.1) is 0 Å². The van der Waals surface area contributed by atoms with Gasteiger partial charge in [-0.15, -0.1) is 0 Å². The molecule has 0 unspecified atom stereocenters. The lowest BCUT2D eigenvalue weighted by molar-refractivity contribution is -0.113. The summed E-state index contributed by atoms with van der Waals surface area (Å²) >= 11 is 7.04. The van der Waals surface area contributed by atoms with Gasteiger partial charge in [0, 0.05) is 16.1 Å². The smallest absolute Gasteiger partial charge is 0.344 e. The van der Waals surface area contributed by atoms with Gasteiger partial charge < -0.3 is 19.8 Å². The number of fused-ring (bicyclic) bond motifs is 1. The number of esters is 1. The number of H-pyrrole nitrogens is 1. The second-order valence-corrected chi connectivity index (χ2v) is 7.56. The Morgan fingerprint density at radius 2 is 1.90 bits per heavy atom. The molecule has 0 spiro atoms. The van der Waals surface area contributed by atoms with Crippen LogP contribution < -0.4 is 15.5 Å². The standard InChI is InChI=1S/C21H19ClN2O5S/c1-3-29-14-7-5-13(6-8-14)23-17(25)11-30-20-18(21(27)28-2)19(26)15-9-4-12(22)10-16(15)24-20/h4-10H,3,11H2,1-2H3,(H,23,25)(H,24,26). The van der Waals surface area contributed by atoms with E-state index in [9.17, 15) is 14.4 Å². The summed E-state index contributed by atoms with van der Waals surface area (Å²) in [5.74, 6) is -0.395. The van der Waals surface area contributed by atoms with E-state index in [2.05, 4.69) is 10.3 Å². The number of pyridine rings is 1. The lowest BCUT2D eigenvalue weighted by atomic mass is 10.1. The van der Waals surface area contributed by atoms with Gasteiger partial charge in [-0.1, -0.05) is 23.4 Å². The fourth-order valence-electron chi connectivity index (χ4n) is 2.77. The molecule has 0 saturated heterocycles. The minimum atomic E-state index is -0.775. The molecule has 0 fully saturated rings. The minimum Gasteiger partial charge on any atom is -0.494 e. The maximum absolute atomic E-state index is 12.8. The number of carbonyl (C=O) groups is 2. The van der Waals surface area contributed by atoms with E-state index in [0.29, 0.717) is 34.0 Å². The largest absolute Gasteiger partial charge is 0.494 e. The summed E-state index contributed by atoms with van der Waals surface area (Å²) < 4.78 is 10.1. The molecule has 0 aliphatic rings. The van der Waals surface area contributed by atoms with Gasteiger partial charge in [-0.3, -0.25) is 9.59 Å². The van der Waals surface area contributed by atoms with Crippen molar-refractivity contribution in [3.05, 3.63) is 63.3 Å². The first-order valence-electron chi connectivity index (χ1n) is 9.02. The number of ether oxygens (including phenoxy) is 2. The summed E-state index contributed by atoms with van der Waals surface area (Å²) in [6, 6.07) is 11.7. The Bertz CT molecular complexity index is 1140. The van der Waals surface area contributed by atoms with Crippen molar-refractivity contribution in [2.45, 2.75) is 11.9 Å². The molecule has 1 amide bonds. The Kier molecular flexibility index (Phi) is 7.02. The van der Waals surface area contributed by atoms with Gasteiger partial charge in [0.05, 0.1) is 30.0 Å². The van der Waals surface area contributed by atoms with Crippen LogP contribution in [0.2, 0.25) is 5.02 Å². The summed E-state index contributed by atoms with van der Waals surface area (Å²) in [5, 5.41) is 3.75. The van der Waals surface area contributed by atoms with Gasteiger partial charge in [0.1, 0.15) is 11.3 Å². The number of hydrogen-bond donors (Lipinski definition) is 2. The topological polar surface area (TPSA) is 97.5 Å². The van der Waals surface area contributed by atoms with E-state index in [0.717, 1.165) is 11.8 Å². The average molecular weight is 447 g/mol. The first-order valence-corrected chi connectivity index (χ1v) is 10.4. The molecule has 0 saturated carbocycles. The number of rotatable bonds is 7. The van der Waals surface area contributed by atoms with Crippen LogP contribution in [0.4, 0.5) is 5.69 Å². The molecule has 7 nitrogen and oxygen atoms in total. The number of methoxy groups -OCH3 is 1. The molecule has 156 valence electrons. The van der Waals surface area contributed by atoms with Crippen molar-refractivity contribution in [2.75, 3.05) is 24.8 Å². The van der Waals surface area contributed by atoms with Gasteiger partial charge in [0.25, 0.3) is 0 Å². The van der Waals surface area contributed by atoms with Crippen molar-refractivity contribution >= 4 is 51.8 Å². The van der Waals surface area contributed by atoms with Crippen molar-refractivity contribution in [3.63, 3.8) is 0 Å². The van der Waals surface area contributed by atoms with Crippen LogP contribution in [0.1, 0.15) is 17.3 Å². The van der Waals surface area contributed by atoms with Gasteiger partial charge in [0.15, 0.2) is 0 Å². The maximum Gasteiger partial charge on any atom is 0.344 e. The van der Waals surface area contributed by atoms with Crippen LogP contribution in [0.15, 0.2) is 52.3 Å². The summed E-state index contributed by atoms with van der Waals surface area (Å²) in [6.45, 7) is 2.45. The first-order chi connectivity index (χ1) is 14.4. The molecule has 0 aliphatic heterocycles. The summed E-state index contributed by atoms with van der Waals surface area (Å²) in [5.41, 5.74) is 0.443. The van der Waals surface area contributed by atoms with Crippen molar-refractivity contribution in [3.8, 4) is 5.75 Å². The number of halogens is 1. The predicted molar refractivity (Wildman–Crippen MR) is 118 cm³/mol. The Morgan fingerprint density at radius 3 is 2.57 bits per heavy atom. The Morgan fingerprint density at radius 1 is 1.17 bits per heavy atom. The number of thioether (sulfide) groups is 1. The highest BCUT2D eigenvalue weighted by Gasteiger charge is 2.21.